The van der Waals surface area contributed by atoms with Crippen LogP contribution in [-0.4, -0.2) is 52.9 Å². The number of para-hydroxylation sites is 1. The molecule has 136 valence electrons. The standard InChI is InChI=1S/C19H22N4O2S/c1-21(16-5-3-2-4-6-16)19(25)22-9-14-7-8-17(11-22)23(18(14)24)10-15-12-26-13-20-15/h2-6,12-14,17H,7-11H2,1H3/t14-,17+/m0/s1. The maximum Gasteiger partial charge on any atom is 0.324 e. The highest BCUT2D eigenvalue weighted by molar-refractivity contribution is 7.07. The van der Waals surface area contributed by atoms with Gasteiger partial charge in [-0.1, -0.05) is 18.2 Å². The maximum atomic E-state index is 13.0. The van der Waals surface area contributed by atoms with Crippen molar-refractivity contribution in [2.24, 2.45) is 5.92 Å². The Morgan fingerprint density at radius 1 is 1.27 bits per heavy atom. The Balaban J connectivity index is 1.52. The van der Waals surface area contributed by atoms with Gasteiger partial charge in [0.15, 0.2) is 0 Å². The van der Waals surface area contributed by atoms with Crippen molar-refractivity contribution < 1.29 is 9.59 Å². The molecule has 0 aliphatic carbocycles. The van der Waals surface area contributed by atoms with Crippen molar-refractivity contribution in [3.05, 3.63) is 46.9 Å². The molecular weight excluding hydrogens is 348 g/mol. The van der Waals surface area contributed by atoms with Crippen LogP contribution in [0.5, 0.6) is 0 Å². The molecule has 0 saturated carbocycles. The molecule has 1 aromatic heterocycles. The number of hydrogen-bond acceptors (Lipinski definition) is 4. The van der Waals surface area contributed by atoms with Crippen molar-refractivity contribution in [1.82, 2.24) is 14.8 Å². The zero-order valence-corrected chi connectivity index (χ0v) is 15.6. The second kappa shape index (κ2) is 7.07. The van der Waals surface area contributed by atoms with E-state index < -0.39 is 0 Å². The summed E-state index contributed by atoms with van der Waals surface area (Å²) in [6, 6.07) is 9.64. The van der Waals surface area contributed by atoms with Crippen LogP contribution in [0.3, 0.4) is 0 Å². The van der Waals surface area contributed by atoms with Crippen LogP contribution in [0.25, 0.3) is 0 Å². The number of urea groups is 1. The lowest BCUT2D eigenvalue weighted by atomic mass is 9.94. The number of thiazole rings is 1. The third-order valence-electron chi connectivity index (χ3n) is 5.31. The summed E-state index contributed by atoms with van der Waals surface area (Å²) in [6.07, 6.45) is 1.80. The molecule has 5 rings (SSSR count). The molecule has 7 heteroatoms. The average molecular weight is 370 g/mol. The highest BCUT2D eigenvalue weighted by Gasteiger charge is 2.42. The molecule has 1 aromatic carbocycles. The number of nitrogens with zero attached hydrogens (tertiary/aromatic N) is 4. The number of hydrogen-bond donors (Lipinski definition) is 0. The van der Waals surface area contributed by atoms with Crippen LogP contribution in [-0.2, 0) is 11.3 Å². The molecule has 6 nitrogen and oxygen atoms in total. The summed E-state index contributed by atoms with van der Waals surface area (Å²) < 4.78 is 0. The minimum absolute atomic E-state index is 0.0450. The molecule has 2 atom stereocenters. The third kappa shape index (κ3) is 3.19. The lowest BCUT2D eigenvalue weighted by Crippen LogP contribution is -2.48. The first kappa shape index (κ1) is 17.0. The molecule has 2 bridgehead atoms. The fraction of sp³-hybridized carbons (Fsp3) is 0.421. The van der Waals surface area contributed by atoms with Crippen molar-refractivity contribution >= 4 is 29.0 Å². The zero-order chi connectivity index (χ0) is 18.1. The van der Waals surface area contributed by atoms with Crippen molar-refractivity contribution in [3.63, 3.8) is 0 Å². The van der Waals surface area contributed by atoms with Gasteiger partial charge in [-0.25, -0.2) is 9.78 Å². The Kier molecular flexibility index (Phi) is 4.63. The summed E-state index contributed by atoms with van der Waals surface area (Å²) in [5.74, 6) is 0.0485. The number of aromatic nitrogens is 1. The summed E-state index contributed by atoms with van der Waals surface area (Å²) in [5.41, 5.74) is 3.58. The Morgan fingerprint density at radius 2 is 2.08 bits per heavy atom. The van der Waals surface area contributed by atoms with Crippen LogP contribution in [0.4, 0.5) is 10.5 Å². The summed E-state index contributed by atoms with van der Waals surface area (Å²) in [5, 5.41) is 1.98. The molecular formula is C19H22N4O2S. The van der Waals surface area contributed by atoms with Gasteiger partial charge in [-0.05, 0) is 25.0 Å². The van der Waals surface area contributed by atoms with E-state index in [0.29, 0.717) is 19.6 Å². The smallest absolute Gasteiger partial charge is 0.324 e. The first-order valence-corrected chi connectivity index (χ1v) is 9.83. The van der Waals surface area contributed by atoms with Gasteiger partial charge >= 0.3 is 6.03 Å². The summed E-state index contributed by atoms with van der Waals surface area (Å²) in [6.45, 7) is 1.63. The minimum atomic E-state index is -0.111. The molecule has 2 aromatic rings. The molecule has 3 aliphatic heterocycles. The van der Waals surface area contributed by atoms with Crippen molar-refractivity contribution in [2.75, 3.05) is 25.0 Å². The fourth-order valence-electron chi connectivity index (χ4n) is 3.87. The number of carbonyl (C=O) groups excluding carboxylic acids is 2. The predicted octanol–water partition coefficient (Wildman–Crippen LogP) is 2.82. The van der Waals surface area contributed by atoms with E-state index in [9.17, 15) is 9.59 Å². The molecule has 0 spiro atoms. The summed E-state index contributed by atoms with van der Waals surface area (Å²) in [4.78, 5) is 35.7. The second-order valence-electron chi connectivity index (χ2n) is 6.96. The zero-order valence-electron chi connectivity index (χ0n) is 14.7. The SMILES string of the molecule is CN(C(=O)N1C[C@@H]2CC[C@H](C1)N(Cc1cscn1)C2=O)c1ccccc1. The molecule has 0 unspecified atom stereocenters. The van der Waals surface area contributed by atoms with E-state index in [-0.39, 0.29) is 23.9 Å². The van der Waals surface area contributed by atoms with E-state index in [0.717, 1.165) is 24.2 Å². The van der Waals surface area contributed by atoms with Gasteiger partial charge in [0.2, 0.25) is 5.91 Å². The van der Waals surface area contributed by atoms with Crippen LogP contribution in [0.2, 0.25) is 0 Å². The van der Waals surface area contributed by atoms with E-state index in [1.807, 2.05) is 45.5 Å². The molecule has 0 N–H and O–H groups in total. The van der Waals surface area contributed by atoms with Crippen molar-refractivity contribution in [3.8, 4) is 0 Å². The lowest BCUT2D eigenvalue weighted by molar-refractivity contribution is -0.140. The second-order valence-corrected chi connectivity index (χ2v) is 7.67. The van der Waals surface area contributed by atoms with Gasteiger partial charge < -0.3 is 9.80 Å². The monoisotopic (exact) mass is 370 g/mol. The number of carbonyl (C=O) groups is 2. The Morgan fingerprint density at radius 3 is 2.81 bits per heavy atom. The van der Waals surface area contributed by atoms with E-state index in [2.05, 4.69) is 4.98 Å². The molecule has 26 heavy (non-hydrogen) atoms. The predicted molar refractivity (Wildman–Crippen MR) is 101 cm³/mol. The van der Waals surface area contributed by atoms with E-state index in [1.165, 1.54) is 0 Å². The van der Waals surface area contributed by atoms with Crippen LogP contribution >= 0.6 is 11.3 Å². The number of anilines is 1. The fourth-order valence-corrected chi connectivity index (χ4v) is 4.42. The highest BCUT2D eigenvalue weighted by atomic mass is 32.1. The van der Waals surface area contributed by atoms with Crippen molar-refractivity contribution in [2.45, 2.75) is 25.4 Å². The summed E-state index contributed by atoms with van der Waals surface area (Å²) >= 11 is 1.54. The average Bonchev–Trinajstić information content (AvgIpc) is 3.04. The van der Waals surface area contributed by atoms with Gasteiger partial charge in [0.05, 0.1) is 23.7 Å². The Labute approximate surface area is 157 Å². The molecule has 3 saturated heterocycles. The Bertz CT molecular complexity index is 780. The molecule has 0 radical (unpaired) electrons. The first-order valence-electron chi connectivity index (χ1n) is 8.88. The van der Waals surface area contributed by atoms with Crippen LogP contribution in [0, 0.1) is 5.92 Å². The van der Waals surface area contributed by atoms with Gasteiger partial charge in [-0.15, -0.1) is 11.3 Å². The topological polar surface area (TPSA) is 56.8 Å². The van der Waals surface area contributed by atoms with Crippen molar-refractivity contribution in [1.29, 1.82) is 0 Å². The van der Waals surface area contributed by atoms with E-state index in [4.69, 9.17) is 0 Å². The highest BCUT2D eigenvalue weighted by Crippen LogP contribution is 2.31. The van der Waals surface area contributed by atoms with E-state index in [1.54, 1.807) is 28.8 Å². The number of amides is 3. The number of benzene rings is 1. The third-order valence-corrected chi connectivity index (χ3v) is 5.95. The molecule has 3 fully saturated rings. The number of piperidine rings is 1. The largest absolute Gasteiger partial charge is 0.332 e. The lowest BCUT2D eigenvalue weighted by Gasteiger charge is -2.35. The molecule has 3 amide bonds. The van der Waals surface area contributed by atoms with Gasteiger partial charge in [-0.2, -0.15) is 0 Å². The Hall–Kier alpha value is -2.41. The normalized spacial score (nSPS) is 22.4. The number of fused-ring (bicyclic) bond motifs is 4. The van der Waals surface area contributed by atoms with Crippen LogP contribution in [0.1, 0.15) is 18.5 Å². The van der Waals surface area contributed by atoms with Gasteiger partial charge in [0, 0.05) is 37.2 Å². The molecule has 4 heterocycles. The van der Waals surface area contributed by atoms with Gasteiger partial charge in [-0.3, -0.25) is 9.69 Å². The van der Waals surface area contributed by atoms with Gasteiger partial charge in [0.1, 0.15) is 0 Å². The molecule has 3 aliphatic rings. The summed E-state index contributed by atoms with van der Waals surface area (Å²) in [7, 11) is 1.79. The first-order chi connectivity index (χ1) is 12.6. The quantitative estimate of drug-likeness (QED) is 0.835. The minimum Gasteiger partial charge on any atom is -0.332 e. The van der Waals surface area contributed by atoms with Crippen LogP contribution < -0.4 is 4.90 Å². The maximum absolute atomic E-state index is 13.0. The van der Waals surface area contributed by atoms with Gasteiger partial charge in [0.25, 0.3) is 0 Å². The van der Waals surface area contributed by atoms with E-state index >= 15 is 0 Å². The number of rotatable bonds is 3. The van der Waals surface area contributed by atoms with Crippen LogP contribution in [0.15, 0.2) is 41.2 Å².